The Balaban J connectivity index is 1.62. The van der Waals surface area contributed by atoms with Gasteiger partial charge in [0.2, 0.25) is 11.7 Å². The van der Waals surface area contributed by atoms with Gasteiger partial charge in [-0.05, 0) is 30.7 Å². The number of aliphatic hydroxyl groups excluding tert-OH is 1. The third-order valence-electron chi connectivity index (χ3n) is 4.45. The Kier molecular flexibility index (Phi) is 4.96. The summed E-state index contributed by atoms with van der Waals surface area (Å²) in [6.45, 7) is 4.07. The highest BCUT2D eigenvalue weighted by atomic mass is 16.5. The average molecular weight is 392 g/mol. The van der Waals surface area contributed by atoms with E-state index in [0.717, 1.165) is 16.8 Å². The molecule has 148 valence electrons. The molecule has 0 aliphatic rings. The fraction of sp³-hybridized carbons (Fsp3) is 0.200. The van der Waals surface area contributed by atoms with Crippen LogP contribution in [0, 0.1) is 13.8 Å². The number of amides is 1. The lowest BCUT2D eigenvalue weighted by atomic mass is 10.1. The Morgan fingerprint density at radius 1 is 1.24 bits per heavy atom. The fourth-order valence-corrected chi connectivity index (χ4v) is 2.95. The molecule has 0 unspecified atom stereocenters. The van der Waals surface area contributed by atoms with Crippen molar-refractivity contribution in [1.82, 2.24) is 19.5 Å². The van der Waals surface area contributed by atoms with Gasteiger partial charge in [-0.25, -0.2) is 4.98 Å². The number of carbonyl (C=O) groups excluding carboxylic acids is 1. The lowest BCUT2D eigenvalue weighted by Crippen LogP contribution is -2.15. The first-order chi connectivity index (χ1) is 14.0. The number of hydrogen-bond donors (Lipinski definition) is 3. The van der Waals surface area contributed by atoms with Crippen LogP contribution >= 0.6 is 0 Å². The second-order valence-corrected chi connectivity index (χ2v) is 6.56. The van der Waals surface area contributed by atoms with Crippen LogP contribution in [0.25, 0.3) is 17.0 Å². The van der Waals surface area contributed by atoms with Crippen LogP contribution in [0.4, 0.5) is 11.4 Å². The van der Waals surface area contributed by atoms with E-state index in [2.05, 4.69) is 25.8 Å². The number of imidazole rings is 1. The second-order valence-electron chi connectivity index (χ2n) is 6.56. The van der Waals surface area contributed by atoms with Crippen molar-refractivity contribution in [2.75, 3.05) is 23.8 Å². The molecule has 3 aromatic heterocycles. The van der Waals surface area contributed by atoms with Crippen molar-refractivity contribution in [2.45, 2.75) is 13.8 Å². The number of nitrogens with one attached hydrogen (secondary N) is 2. The number of aliphatic hydroxyl groups is 1. The number of fused-ring (bicyclic) bond motifs is 1. The Bertz CT molecular complexity index is 1180. The summed E-state index contributed by atoms with van der Waals surface area (Å²) in [4.78, 5) is 21.4. The predicted octanol–water partition coefficient (Wildman–Crippen LogP) is 2.66. The van der Waals surface area contributed by atoms with Gasteiger partial charge in [-0.2, -0.15) is 4.98 Å². The van der Waals surface area contributed by atoms with Crippen molar-refractivity contribution in [3.05, 3.63) is 59.9 Å². The predicted molar refractivity (Wildman–Crippen MR) is 108 cm³/mol. The smallest absolute Gasteiger partial charge is 0.274 e. The molecule has 0 saturated heterocycles. The van der Waals surface area contributed by atoms with Crippen LogP contribution in [0.1, 0.15) is 21.9 Å². The van der Waals surface area contributed by atoms with Gasteiger partial charge >= 0.3 is 0 Å². The summed E-state index contributed by atoms with van der Waals surface area (Å²) in [5.74, 6) is 0.649. The second kappa shape index (κ2) is 7.72. The van der Waals surface area contributed by atoms with Gasteiger partial charge in [0.25, 0.3) is 5.91 Å². The van der Waals surface area contributed by atoms with E-state index in [9.17, 15) is 4.79 Å². The molecule has 0 saturated carbocycles. The summed E-state index contributed by atoms with van der Waals surface area (Å²) in [5, 5.41) is 18.9. The highest BCUT2D eigenvalue weighted by molar-refractivity contribution is 6.04. The zero-order valence-electron chi connectivity index (χ0n) is 16.0. The van der Waals surface area contributed by atoms with Gasteiger partial charge < -0.3 is 20.3 Å². The number of aromatic nitrogens is 4. The average Bonchev–Trinajstić information content (AvgIpc) is 3.34. The monoisotopic (exact) mass is 392 g/mol. The van der Waals surface area contributed by atoms with Crippen LogP contribution in [-0.2, 0) is 0 Å². The van der Waals surface area contributed by atoms with Crippen molar-refractivity contribution in [3.63, 3.8) is 0 Å². The van der Waals surface area contributed by atoms with Gasteiger partial charge in [-0.15, -0.1) is 0 Å². The first-order valence-corrected chi connectivity index (χ1v) is 9.09. The highest BCUT2D eigenvalue weighted by Gasteiger charge is 2.15. The van der Waals surface area contributed by atoms with E-state index >= 15 is 0 Å². The molecular formula is C20H20N6O3. The van der Waals surface area contributed by atoms with Gasteiger partial charge in [-0.3, -0.25) is 9.20 Å². The van der Waals surface area contributed by atoms with Crippen molar-refractivity contribution in [1.29, 1.82) is 0 Å². The van der Waals surface area contributed by atoms with E-state index < -0.39 is 0 Å². The number of benzene rings is 1. The van der Waals surface area contributed by atoms with Crippen molar-refractivity contribution in [2.24, 2.45) is 0 Å². The Morgan fingerprint density at radius 3 is 2.86 bits per heavy atom. The normalized spacial score (nSPS) is 11.0. The maximum Gasteiger partial charge on any atom is 0.274 e. The van der Waals surface area contributed by atoms with E-state index in [1.807, 2.05) is 31.2 Å². The van der Waals surface area contributed by atoms with Crippen molar-refractivity contribution >= 4 is 22.9 Å². The molecule has 0 bridgehead atoms. The van der Waals surface area contributed by atoms with Gasteiger partial charge in [0.1, 0.15) is 11.3 Å². The van der Waals surface area contributed by atoms with Gasteiger partial charge in [0.05, 0.1) is 18.5 Å². The molecule has 3 N–H and O–H groups in total. The lowest BCUT2D eigenvalue weighted by Gasteiger charge is -2.10. The maximum absolute atomic E-state index is 12.9. The van der Waals surface area contributed by atoms with Crippen LogP contribution in [-0.4, -0.2) is 43.7 Å². The van der Waals surface area contributed by atoms with Crippen molar-refractivity contribution in [3.8, 4) is 11.4 Å². The number of nitrogens with zero attached hydrogens (tertiary/aromatic N) is 4. The van der Waals surface area contributed by atoms with E-state index in [1.165, 1.54) is 6.20 Å². The standard InChI is InChI=1S/C20H20N6O3/c1-12-3-4-14(19-23-13(2)29-25-19)9-16(12)24-20(28)17-10-22-18-6-5-15(11-26(17)18)21-7-8-27/h3-6,9-11,21,27H,7-8H2,1-2H3,(H,24,28). The number of anilines is 2. The summed E-state index contributed by atoms with van der Waals surface area (Å²) in [6, 6.07) is 9.24. The summed E-state index contributed by atoms with van der Waals surface area (Å²) in [7, 11) is 0. The van der Waals surface area contributed by atoms with Gasteiger partial charge in [-0.1, -0.05) is 17.3 Å². The zero-order chi connectivity index (χ0) is 20.4. The molecule has 0 fully saturated rings. The van der Waals surface area contributed by atoms with Crippen LogP contribution < -0.4 is 10.6 Å². The minimum atomic E-state index is -0.290. The minimum absolute atomic E-state index is 0.0187. The molecule has 4 aromatic rings. The molecule has 0 aliphatic carbocycles. The van der Waals surface area contributed by atoms with Crippen molar-refractivity contribution < 1.29 is 14.4 Å². The Hall–Kier alpha value is -3.72. The molecule has 0 radical (unpaired) electrons. The van der Waals surface area contributed by atoms with E-state index in [0.29, 0.717) is 35.3 Å². The topological polar surface area (TPSA) is 118 Å². The Labute approximate surface area is 166 Å². The van der Waals surface area contributed by atoms with E-state index in [-0.39, 0.29) is 12.5 Å². The lowest BCUT2D eigenvalue weighted by molar-refractivity contribution is 0.102. The zero-order valence-corrected chi connectivity index (χ0v) is 16.0. The molecule has 4 rings (SSSR count). The Morgan fingerprint density at radius 2 is 2.10 bits per heavy atom. The largest absolute Gasteiger partial charge is 0.395 e. The third-order valence-corrected chi connectivity index (χ3v) is 4.45. The maximum atomic E-state index is 12.9. The summed E-state index contributed by atoms with van der Waals surface area (Å²) < 4.78 is 6.74. The number of carbonyl (C=O) groups is 1. The summed E-state index contributed by atoms with van der Waals surface area (Å²) >= 11 is 0. The molecule has 0 atom stereocenters. The molecule has 0 aliphatic heterocycles. The van der Waals surface area contributed by atoms with E-state index in [1.54, 1.807) is 23.6 Å². The molecular weight excluding hydrogens is 372 g/mol. The molecule has 1 amide bonds. The van der Waals surface area contributed by atoms with Gasteiger partial charge in [0.15, 0.2) is 0 Å². The SMILES string of the molecule is Cc1nc(-c2ccc(C)c(NC(=O)c3cnc4ccc(NCCO)cn34)c2)no1. The summed E-state index contributed by atoms with van der Waals surface area (Å²) in [6.07, 6.45) is 3.31. The van der Waals surface area contributed by atoms with E-state index in [4.69, 9.17) is 9.63 Å². The molecule has 3 heterocycles. The quantitative estimate of drug-likeness (QED) is 0.462. The number of pyridine rings is 1. The van der Waals surface area contributed by atoms with Crippen LogP contribution in [0.2, 0.25) is 0 Å². The molecule has 1 aromatic carbocycles. The molecule has 9 nitrogen and oxygen atoms in total. The van der Waals surface area contributed by atoms with Gasteiger partial charge in [0, 0.05) is 30.9 Å². The fourth-order valence-electron chi connectivity index (χ4n) is 2.95. The molecule has 29 heavy (non-hydrogen) atoms. The highest BCUT2D eigenvalue weighted by Crippen LogP contribution is 2.24. The molecule has 0 spiro atoms. The first kappa shape index (κ1) is 18.6. The third kappa shape index (κ3) is 3.81. The van der Waals surface area contributed by atoms with Crippen LogP contribution in [0.5, 0.6) is 0 Å². The number of rotatable bonds is 6. The minimum Gasteiger partial charge on any atom is -0.395 e. The van der Waals surface area contributed by atoms with Crippen LogP contribution in [0.15, 0.2) is 47.2 Å². The first-order valence-electron chi connectivity index (χ1n) is 9.09. The number of aryl methyl sites for hydroxylation is 2. The number of hydrogen-bond acceptors (Lipinski definition) is 7. The summed E-state index contributed by atoms with van der Waals surface area (Å²) in [5.41, 5.74) is 4.13. The van der Waals surface area contributed by atoms with Crippen LogP contribution in [0.3, 0.4) is 0 Å². The molecule has 9 heteroatoms.